The van der Waals surface area contributed by atoms with E-state index in [1.54, 1.807) is 13.2 Å². The molecule has 108 valence electrons. The van der Waals surface area contributed by atoms with E-state index >= 15 is 0 Å². The zero-order valence-corrected chi connectivity index (χ0v) is 11.5. The summed E-state index contributed by atoms with van der Waals surface area (Å²) in [5.41, 5.74) is 0.784. The largest absolute Gasteiger partial charge is 0.496 e. The third kappa shape index (κ3) is 3.98. The number of amides is 1. The molecule has 2 rings (SSSR count). The molecule has 0 heterocycles. The van der Waals surface area contributed by atoms with Gasteiger partial charge in [-0.05, 0) is 24.8 Å². The molecule has 0 unspecified atom stereocenters. The van der Waals surface area contributed by atoms with Gasteiger partial charge in [0.15, 0.2) is 0 Å². The first-order valence-corrected chi connectivity index (χ1v) is 6.71. The van der Waals surface area contributed by atoms with Gasteiger partial charge in [0.05, 0.1) is 13.5 Å². The van der Waals surface area contributed by atoms with E-state index in [4.69, 9.17) is 9.84 Å². The average molecular weight is 277 g/mol. The van der Waals surface area contributed by atoms with Crippen LogP contribution in [0.25, 0.3) is 0 Å². The highest BCUT2D eigenvalue weighted by atomic mass is 16.5. The molecule has 0 radical (unpaired) electrons. The summed E-state index contributed by atoms with van der Waals surface area (Å²) in [5.74, 6) is -0.0126. The fourth-order valence-electron chi connectivity index (χ4n) is 2.15. The van der Waals surface area contributed by atoms with Gasteiger partial charge in [-0.2, -0.15) is 0 Å². The van der Waals surface area contributed by atoms with E-state index in [0.717, 1.165) is 18.4 Å². The Hall–Kier alpha value is -2.04. The van der Waals surface area contributed by atoms with Crippen molar-refractivity contribution in [3.63, 3.8) is 0 Å². The maximum Gasteiger partial charge on any atom is 0.323 e. The molecule has 0 spiro atoms. The van der Waals surface area contributed by atoms with E-state index in [1.807, 2.05) is 18.2 Å². The topological polar surface area (TPSA) is 66.8 Å². The lowest BCUT2D eigenvalue weighted by molar-refractivity contribution is -0.144. The zero-order chi connectivity index (χ0) is 14.5. The van der Waals surface area contributed by atoms with Gasteiger partial charge in [0, 0.05) is 12.1 Å². The molecule has 1 aliphatic rings. The summed E-state index contributed by atoms with van der Waals surface area (Å²) >= 11 is 0. The van der Waals surface area contributed by atoms with Crippen LogP contribution in [0.1, 0.15) is 18.4 Å². The van der Waals surface area contributed by atoms with Crippen molar-refractivity contribution in [3.8, 4) is 5.75 Å². The van der Waals surface area contributed by atoms with Crippen LogP contribution in [0.5, 0.6) is 5.75 Å². The number of carboxylic acid groups (broad SMARTS) is 1. The second-order valence-corrected chi connectivity index (χ2v) is 5.10. The summed E-state index contributed by atoms with van der Waals surface area (Å²) in [5, 5.41) is 8.91. The average Bonchev–Trinajstić information content (AvgIpc) is 3.22. The number of hydrogen-bond donors (Lipinski definition) is 1. The lowest BCUT2D eigenvalue weighted by atomic mass is 10.1. The molecule has 0 aliphatic heterocycles. The number of nitrogens with zero attached hydrogens (tertiary/aromatic N) is 1. The number of carbonyl (C=O) groups excluding carboxylic acids is 1. The molecular weight excluding hydrogens is 258 g/mol. The molecule has 1 aliphatic carbocycles. The molecule has 1 fully saturated rings. The van der Waals surface area contributed by atoms with Crippen LogP contribution in [-0.2, 0) is 16.0 Å². The van der Waals surface area contributed by atoms with Crippen LogP contribution in [0.15, 0.2) is 24.3 Å². The summed E-state index contributed by atoms with van der Waals surface area (Å²) in [6.07, 6.45) is 2.33. The normalized spacial score (nSPS) is 13.8. The number of aliphatic carboxylic acids is 1. The maximum atomic E-state index is 12.3. The van der Waals surface area contributed by atoms with Gasteiger partial charge in [-0.3, -0.25) is 9.59 Å². The van der Waals surface area contributed by atoms with Gasteiger partial charge < -0.3 is 14.7 Å². The third-order valence-electron chi connectivity index (χ3n) is 3.39. The fourth-order valence-corrected chi connectivity index (χ4v) is 2.15. The van der Waals surface area contributed by atoms with Gasteiger partial charge in [-0.25, -0.2) is 0 Å². The second-order valence-electron chi connectivity index (χ2n) is 5.10. The molecule has 1 aromatic rings. The minimum atomic E-state index is -0.973. The Kier molecular flexibility index (Phi) is 4.61. The van der Waals surface area contributed by atoms with Crippen molar-refractivity contribution in [2.24, 2.45) is 5.92 Å². The fraction of sp³-hybridized carbons (Fsp3) is 0.467. The molecule has 0 bridgehead atoms. The minimum absolute atomic E-state index is 0.163. The lowest BCUT2D eigenvalue weighted by Crippen LogP contribution is -2.38. The number of carbonyl (C=O) groups is 2. The lowest BCUT2D eigenvalue weighted by Gasteiger charge is -2.21. The Bertz CT molecular complexity index is 496. The molecule has 1 aromatic carbocycles. The van der Waals surface area contributed by atoms with Crippen molar-refractivity contribution in [2.75, 3.05) is 20.2 Å². The van der Waals surface area contributed by atoms with Crippen LogP contribution in [0.2, 0.25) is 0 Å². The predicted molar refractivity (Wildman–Crippen MR) is 73.6 cm³/mol. The summed E-state index contributed by atoms with van der Waals surface area (Å²) in [4.78, 5) is 24.6. The van der Waals surface area contributed by atoms with E-state index in [2.05, 4.69) is 0 Å². The third-order valence-corrected chi connectivity index (χ3v) is 3.39. The Labute approximate surface area is 118 Å². The smallest absolute Gasteiger partial charge is 0.323 e. The minimum Gasteiger partial charge on any atom is -0.496 e. The molecule has 0 saturated heterocycles. The van der Waals surface area contributed by atoms with Gasteiger partial charge in [0.25, 0.3) is 0 Å². The van der Waals surface area contributed by atoms with Gasteiger partial charge in [0.2, 0.25) is 5.91 Å². The van der Waals surface area contributed by atoms with Crippen molar-refractivity contribution in [2.45, 2.75) is 19.3 Å². The summed E-state index contributed by atoms with van der Waals surface area (Å²) in [7, 11) is 1.56. The van der Waals surface area contributed by atoms with Crippen LogP contribution in [0.3, 0.4) is 0 Å². The number of hydrogen-bond acceptors (Lipinski definition) is 3. The van der Waals surface area contributed by atoms with E-state index in [-0.39, 0.29) is 18.9 Å². The Morgan fingerprint density at radius 2 is 2.05 bits per heavy atom. The van der Waals surface area contributed by atoms with Gasteiger partial charge in [-0.1, -0.05) is 18.2 Å². The number of carboxylic acids is 1. The number of methoxy groups -OCH3 is 1. The number of benzene rings is 1. The summed E-state index contributed by atoms with van der Waals surface area (Å²) < 4.78 is 5.21. The van der Waals surface area contributed by atoms with Crippen LogP contribution >= 0.6 is 0 Å². The van der Waals surface area contributed by atoms with Crippen LogP contribution in [0, 0.1) is 5.92 Å². The molecule has 0 atom stereocenters. The quantitative estimate of drug-likeness (QED) is 0.821. The van der Waals surface area contributed by atoms with E-state index in [1.165, 1.54) is 4.90 Å². The van der Waals surface area contributed by atoms with E-state index in [9.17, 15) is 9.59 Å². The Balaban J connectivity index is 2.04. The monoisotopic (exact) mass is 277 g/mol. The van der Waals surface area contributed by atoms with Crippen LogP contribution in [-0.4, -0.2) is 42.1 Å². The highest BCUT2D eigenvalue weighted by Gasteiger charge is 2.28. The van der Waals surface area contributed by atoms with Crippen molar-refractivity contribution in [1.82, 2.24) is 4.90 Å². The van der Waals surface area contributed by atoms with Crippen LogP contribution < -0.4 is 4.74 Å². The first-order valence-electron chi connectivity index (χ1n) is 6.71. The number of para-hydroxylation sites is 1. The van der Waals surface area contributed by atoms with Crippen molar-refractivity contribution < 1.29 is 19.4 Å². The highest BCUT2D eigenvalue weighted by Crippen LogP contribution is 2.30. The van der Waals surface area contributed by atoms with Gasteiger partial charge in [-0.15, -0.1) is 0 Å². The molecule has 0 aromatic heterocycles. The molecule has 5 heteroatoms. The zero-order valence-electron chi connectivity index (χ0n) is 11.5. The first kappa shape index (κ1) is 14.4. The Morgan fingerprint density at radius 1 is 1.35 bits per heavy atom. The van der Waals surface area contributed by atoms with Crippen molar-refractivity contribution in [1.29, 1.82) is 0 Å². The van der Waals surface area contributed by atoms with Crippen LogP contribution in [0.4, 0.5) is 0 Å². The number of rotatable bonds is 7. The summed E-state index contributed by atoms with van der Waals surface area (Å²) in [6.45, 7) is 0.310. The van der Waals surface area contributed by atoms with E-state index < -0.39 is 5.97 Å². The molecule has 5 nitrogen and oxygen atoms in total. The van der Waals surface area contributed by atoms with Crippen molar-refractivity contribution >= 4 is 11.9 Å². The van der Waals surface area contributed by atoms with Crippen molar-refractivity contribution in [3.05, 3.63) is 29.8 Å². The molecule has 1 amide bonds. The Morgan fingerprint density at radius 3 is 2.65 bits per heavy atom. The number of ether oxygens (including phenoxy) is 1. The summed E-state index contributed by atoms with van der Waals surface area (Å²) in [6, 6.07) is 7.30. The molecule has 1 saturated carbocycles. The maximum absolute atomic E-state index is 12.3. The SMILES string of the molecule is COc1ccccc1CC(=O)N(CC(=O)O)CC1CC1. The predicted octanol–water partition coefficient (Wildman–Crippen LogP) is 1.56. The van der Waals surface area contributed by atoms with Gasteiger partial charge >= 0.3 is 5.97 Å². The molecular formula is C15H19NO4. The van der Waals surface area contributed by atoms with E-state index in [0.29, 0.717) is 18.2 Å². The molecule has 20 heavy (non-hydrogen) atoms. The standard InChI is InChI=1S/C15H19NO4/c1-20-13-5-3-2-4-12(13)8-14(17)16(10-15(18)19)9-11-6-7-11/h2-5,11H,6-10H2,1H3,(H,18,19). The first-order chi connectivity index (χ1) is 9.60. The highest BCUT2D eigenvalue weighted by molar-refractivity contribution is 5.83. The molecule has 1 N–H and O–H groups in total. The van der Waals surface area contributed by atoms with Gasteiger partial charge in [0.1, 0.15) is 12.3 Å². The second kappa shape index (κ2) is 6.41.